The third-order valence-electron chi connectivity index (χ3n) is 5.16. The van der Waals surface area contributed by atoms with Crippen LogP contribution in [0.15, 0.2) is 24.5 Å². The molecular formula is C16H23NO. The van der Waals surface area contributed by atoms with Crippen LogP contribution in [0.4, 0.5) is 0 Å². The van der Waals surface area contributed by atoms with Crippen LogP contribution in [0.1, 0.15) is 56.9 Å². The summed E-state index contributed by atoms with van der Waals surface area (Å²) < 4.78 is 0. The van der Waals surface area contributed by atoms with Crippen molar-refractivity contribution in [2.45, 2.75) is 63.4 Å². The van der Waals surface area contributed by atoms with E-state index >= 15 is 0 Å². The second-order valence-electron chi connectivity index (χ2n) is 6.47. The number of hydrogen-bond acceptors (Lipinski definition) is 2. The molecule has 2 fully saturated rings. The Labute approximate surface area is 109 Å². The smallest absolute Gasteiger partial charge is 0.0689 e. The first kappa shape index (κ1) is 12.2. The normalized spacial score (nSPS) is 25.4. The average molecular weight is 245 g/mol. The van der Waals surface area contributed by atoms with E-state index in [9.17, 15) is 5.11 Å². The van der Waals surface area contributed by atoms with Gasteiger partial charge in [-0.1, -0.05) is 18.9 Å². The number of aliphatic hydroxyl groups is 1. The lowest BCUT2D eigenvalue weighted by atomic mass is 9.66. The Hall–Kier alpha value is -0.890. The van der Waals surface area contributed by atoms with E-state index in [2.05, 4.69) is 11.1 Å². The van der Waals surface area contributed by atoms with Gasteiger partial charge in [0.05, 0.1) is 5.60 Å². The average Bonchev–Trinajstić information content (AvgIpc) is 2.84. The first-order chi connectivity index (χ1) is 8.70. The zero-order valence-corrected chi connectivity index (χ0v) is 11.1. The van der Waals surface area contributed by atoms with Crippen molar-refractivity contribution in [3.05, 3.63) is 30.1 Å². The molecule has 0 unspecified atom stereocenters. The summed E-state index contributed by atoms with van der Waals surface area (Å²) in [5.41, 5.74) is 1.29. The molecule has 3 rings (SSSR count). The summed E-state index contributed by atoms with van der Waals surface area (Å²) in [6.07, 6.45) is 14.5. The predicted molar refractivity (Wildman–Crippen MR) is 72.3 cm³/mol. The second-order valence-corrected chi connectivity index (χ2v) is 6.47. The van der Waals surface area contributed by atoms with E-state index in [0.717, 1.165) is 19.3 Å². The molecule has 1 N–H and O–H groups in total. The van der Waals surface area contributed by atoms with Crippen molar-refractivity contribution >= 4 is 0 Å². The van der Waals surface area contributed by atoms with Gasteiger partial charge < -0.3 is 5.11 Å². The fourth-order valence-electron chi connectivity index (χ4n) is 3.93. The van der Waals surface area contributed by atoms with Gasteiger partial charge in [-0.05, 0) is 55.6 Å². The third-order valence-corrected chi connectivity index (χ3v) is 5.16. The molecule has 1 heterocycles. The van der Waals surface area contributed by atoms with Gasteiger partial charge in [0.2, 0.25) is 0 Å². The van der Waals surface area contributed by atoms with Crippen LogP contribution >= 0.6 is 0 Å². The topological polar surface area (TPSA) is 33.1 Å². The molecule has 98 valence electrons. The molecule has 0 aromatic carbocycles. The van der Waals surface area contributed by atoms with Crippen LogP contribution in [-0.4, -0.2) is 15.7 Å². The Kier molecular flexibility index (Phi) is 3.14. The number of rotatable bonds is 2. The zero-order valence-electron chi connectivity index (χ0n) is 11.1. The van der Waals surface area contributed by atoms with E-state index in [0.29, 0.717) is 5.41 Å². The Bertz CT molecular complexity index is 385. The van der Waals surface area contributed by atoms with Crippen molar-refractivity contribution in [1.29, 1.82) is 0 Å². The third kappa shape index (κ3) is 2.44. The van der Waals surface area contributed by atoms with Crippen LogP contribution in [0.3, 0.4) is 0 Å². The summed E-state index contributed by atoms with van der Waals surface area (Å²) in [6, 6.07) is 4.03. The summed E-state index contributed by atoms with van der Waals surface area (Å²) >= 11 is 0. The van der Waals surface area contributed by atoms with Crippen LogP contribution in [0.2, 0.25) is 0 Å². The maximum Gasteiger partial charge on any atom is 0.0689 e. The molecule has 0 amide bonds. The number of hydrogen-bond donors (Lipinski definition) is 1. The van der Waals surface area contributed by atoms with Gasteiger partial charge in [-0.15, -0.1) is 0 Å². The summed E-state index contributed by atoms with van der Waals surface area (Å²) in [6.45, 7) is 0. The zero-order chi connectivity index (χ0) is 12.5. The molecule has 0 atom stereocenters. The van der Waals surface area contributed by atoms with E-state index in [4.69, 9.17) is 0 Å². The quantitative estimate of drug-likeness (QED) is 0.865. The van der Waals surface area contributed by atoms with Gasteiger partial charge in [0.15, 0.2) is 0 Å². The number of aromatic nitrogens is 1. The van der Waals surface area contributed by atoms with Crippen molar-refractivity contribution in [2.24, 2.45) is 5.41 Å². The molecule has 2 aliphatic carbocycles. The van der Waals surface area contributed by atoms with E-state index in [1.165, 1.54) is 44.1 Å². The monoisotopic (exact) mass is 245 g/mol. The second kappa shape index (κ2) is 4.65. The molecule has 2 aliphatic rings. The van der Waals surface area contributed by atoms with Gasteiger partial charge >= 0.3 is 0 Å². The minimum atomic E-state index is -0.475. The van der Waals surface area contributed by atoms with Crippen molar-refractivity contribution in [3.63, 3.8) is 0 Å². The molecule has 0 radical (unpaired) electrons. The van der Waals surface area contributed by atoms with Crippen molar-refractivity contribution in [2.75, 3.05) is 0 Å². The molecule has 2 heteroatoms. The molecule has 2 nitrogen and oxygen atoms in total. The van der Waals surface area contributed by atoms with Crippen LogP contribution in [0.5, 0.6) is 0 Å². The van der Waals surface area contributed by atoms with Gasteiger partial charge in [0.25, 0.3) is 0 Å². The lowest BCUT2D eigenvalue weighted by molar-refractivity contribution is -0.0322. The van der Waals surface area contributed by atoms with Gasteiger partial charge in [0, 0.05) is 18.8 Å². The van der Waals surface area contributed by atoms with E-state index in [1.807, 2.05) is 12.3 Å². The lowest BCUT2D eigenvalue weighted by Gasteiger charge is -2.42. The van der Waals surface area contributed by atoms with Crippen LogP contribution in [-0.2, 0) is 6.42 Å². The number of pyridine rings is 1. The maximum atomic E-state index is 10.7. The minimum Gasteiger partial charge on any atom is -0.390 e. The molecule has 0 bridgehead atoms. The predicted octanol–water partition coefficient (Wildman–Crippen LogP) is 3.49. The minimum absolute atomic E-state index is 0.475. The van der Waals surface area contributed by atoms with Crippen LogP contribution in [0, 0.1) is 5.41 Å². The van der Waals surface area contributed by atoms with Gasteiger partial charge in [-0.2, -0.15) is 0 Å². The summed E-state index contributed by atoms with van der Waals surface area (Å²) in [4.78, 5) is 4.14. The first-order valence-corrected chi connectivity index (χ1v) is 7.31. The summed E-state index contributed by atoms with van der Waals surface area (Å²) in [5, 5.41) is 10.7. The lowest BCUT2D eigenvalue weighted by Crippen LogP contribution is -2.39. The highest BCUT2D eigenvalue weighted by Crippen LogP contribution is 2.51. The summed E-state index contributed by atoms with van der Waals surface area (Å²) in [7, 11) is 0. The Morgan fingerprint density at radius 1 is 1.06 bits per heavy atom. The molecular weight excluding hydrogens is 222 g/mol. The van der Waals surface area contributed by atoms with Crippen molar-refractivity contribution < 1.29 is 5.11 Å². The van der Waals surface area contributed by atoms with Gasteiger partial charge in [0.1, 0.15) is 0 Å². The summed E-state index contributed by atoms with van der Waals surface area (Å²) in [5.74, 6) is 0. The molecule has 1 aromatic rings. The van der Waals surface area contributed by atoms with Crippen LogP contribution < -0.4 is 0 Å². The van der Waals surface area contributed by atoms with Crippen LogP contribution in [0.25, 0.3) is 0 Å². The fraction of sp³-hybridized carbons (Fsp3) is 0.688. The van der Waals surface area contributed by atoms with Crippen molar-refractivity contribution in [3.8, 4) is 0 Å². The highest BCUT2D eigenvalue weighted by atomic mass is 16.3. The molecule has 0 saturated heterocycles. The standard InChI is InChI=1S/C16H23NO/c18-16(12-14-4-3-11-17-13-14)9-7-15(8-10-16)5-1-2-6-15/h3-4,11,13,18H,1-2,5-10,12H2. The SMILES string of the molecule is OC1(Cc2cccnc2)CCC2(CCCC2)CC1. The molecule has 2 saturated carbocycles. The van der Waals surface area contributed by atoms with Crippen molar-refractivity contribution in [1.82, 2.24) is 4.98 Å². The number of nitrogens with zero attached hydrogens (tertiary/aromatic N) is 1. The highest BCUT2D eigenvalue weighted by molar-refractivity contribution is 5.13. The Morgan fingerprint density at radius 3 is 2.39 bits per heavy atom. The maximum absolute atomic E-state index is 10.7. The molecule has 1 aromatic heterocycles. The molecule has 0 aliphatic heterocycles. The van der Waals surface area contributed by atoms with Gasteiger partial charge in [-0.25, -0.2) is 0 Å². The van der Waals surface area contributed by atoms with E-state index in [1.54, 1.807) is 6.20 Å². The van der Waals surface area contributed by atoms with E-state index < -0.39 is 5.60 Å². The fourth-order valence-corrected chi connectivity index (χ4v) is 3.93. The largest absolute Gasteiger partial charge is 0.390 e. The highest BCUT2D eigenvalue weighted by Gasteiger charge is 2.42. The Balaban J connectivity index is 1.63. The molecule has 18 heavy (non-hydrogen) atoms. The Morgan fingerprint density at radius 2 is 1.78 bits per heavy atom. The molecule has 1 spiro atoms. The first-order valence-electron chi connectivity index (χ1n) is 7.31. The van der Waals surface area contributed by atoms with E-state index in [-0.39, 0.29) is 0 Å². The van der Waals surface area contributed by atoms with Gasteiger partial charge in [-0.3, -0.25) is 4.98 Å².